The van der Waals surface area contributed by atoms with E-state index in [0.717, 1.165) is 11.1 Å². The largest absolute Gasteiger partial charge is 0.481 e. The number of carboxylic acids is 1. The first-order chi connectivity index (χ1) is 12.7. The number of aliphatic carboxylic acids is 1. The number of carbonyl (C=O) groups is 3. The van der Waals surface area contributed by atoms with E-state index in [2.05, 4.69) is 10.6 Å². The highest BCUT2D eigenvalue weighted by Gasteiger charge is 2.30. The summed E-state index contributed by atoms with van der Waals surface area (Å²) in [4.78, 5) is 35.5. The summed E-state index contributed by atoms with van der Waals surface area (Å²) in [7, 11) is 0. The minimum Gasteiger partial charge on any atom is -0.481 e. The Morgan fingerprint density at radius 3 is 2.44 bits per heavy atom. The molecular weight excluding hydrogens is 350 g/mol. The number of aryl methyl sites for hydroxylation is 2. The molecule has 2 aromatic carbocycles. The van der Waals surface area contributed by atoms with Gasteiger partial charge in [0.1, 0.15) is 11.8 Å². The van der Waals surface area contributed by atoms with Gasteiger partial charge >= 0.3 is 5.97 Å². The summed E-state index contributed by atoms with van der Waals surface area (Å²) < 4.78 is 5.83. The fraction of sp³-hybridized carbons (Fsp3) is 0.211. The average molecular weight is 369 g/mol. The van der Waals surface area contributed by atoms with Crippen LogP contribution in [0, 0.1) is 13.8 Å². The van der Waals surface area contributed by atoms with Crippen molar-refractivity contribution in [3.05, 3.63) is 47.0 Å². The normalized spacial score (nSPS) is 16.0. The van der Waals surface area contributed by atoms with Crippen LogP contribution in [0.15, 0.2) is 30.3 Å². The zero-order chi connectivity index (χ0) is 19.7. The third-order valence-electron chi connectivity index (χ3n) is 4.08. The van der Waals surface area contributed by atoms with Crippen molar-refractivity contribution in [1.82, 2.24) is 5.32 Å². The maximum absolute atomic E-state index is 12.5. The van der Waals surface area contributed by atoms with Gasteiger partial charge in [-0.2, -0.15) is 0 Å². The first kappa shape index (κ1) is 18.2. The lowest BCUT2D eigenvalue weighted by Crippen LogP contribution is -2.42. The fourth-order valence-electron chi connectivity index (χ4n) is 2.93. The lowest BCUT2D eigenvalue weighted by molar-refractivity contribution is -0.139. The maximum Gasteiger partial charge on any atom is 0.305 e. The average Bonchev–Trinajstić information content (AvgIpc) is 2.64. The molecule has 1 atom stereocenters. The lowest BCUT2D eigenvalue weighted by atomic mass is 10.1. The van der Waals surface area contributed by atoms with E-state index in [4.69, 9.17) is 15.6 Å². The van der Waals surface area contributed by atoms with Crippen LogP contribution in [0.3, 0.4) is 0 Å². The van der Waals surface area contributed by atoms with Gasteiger partial charge in [-0.1, -0.05) is 6.07 Å². The van der Waals surface area contributed by atoms with Gasteiger partial charge in [0.2, 0.25) is 5.91 Å². The molecule has 0 saturated carbocycles. The highest BCUT2D eigenvalue weighted by molar-refractivity contribution is 6.11. The van der Waals surface area contributed by atoms with Gasteiger partial charge in [0.15, 0.2) is 5.75 Å². The molecular formula is C19H19N3O5. The molecule has 5 N–H and O–H groups in total. The van der Waals surface area contributed by atoms with E-state index in [0.29, 0.717) is 5.75 Å². The quantitative estimate of drug-likeness (QED) is 0.611. The van der Waals surface area contributed by atoms with E-state index in [9.17, 15) is 14.4 Å². The number of nitrogen functional groups attached to an aromatic ring is 1. The Labute approximate surface area is 155 Å². The van der Waals surface area contributed by atoms with E-state index >= 15 is 0 Å². The Morgan fingerprint density at radius 1 is 1.15 bits per heavy atom. The highest BCUT2D eigenvalue weighted by atomic mass is 16.5. The molecule has 0 unspecified atom stereocenters. The Bertz CT molecular complexity index is 934. The van der Waals surface area contributed by atoms with Crippen LogP contribution in [0.4, 0.5) is 11.4 Å². The van der Waals surface area contributed by atoms with Crippen molar-refractivity contribution >= 4 is 29.2 Å². The Balaban J connectivity index is 1.95. The molecule has 2 aromatic rings. The number of ether oxygens (including phenoxy) is 1. The van der Waals surface area contributed by atoms with Crippen molar-refractivity contribution < 1.29 is 24.2 Å². The smallest absolute Gasteiger partial charge is 0.305 e. The van der Waals surface area contributed by atoms with E-state index in [-0.39, 0.29) is 22.7 Å². The van der Waals surface area contributed by atoms with Gasteiger partial charge in [0.25, 0.3) is 5.91 Å². The van der Waals surface area contributed by atoms with Crippen LogP contribution in [0.2, 0.25) is 0 Å². The van der Waals surface area contributed by atoms with Crippen LogP contribution in [0.25, 0.3) is 0 Å². The number of amides is 2. The number of nitrogens with two attached hydrogens (primary N) is 1. The molecule has 0 fully saturated rings. The molecule has 1 aliphatic heterocycles. The number of fused-ring (bicyclic) bond motifs is 1. The second-order valence-corrected chi connectivity index (χ2v) is 6.47. The van der Waals surface area contributed by atoms with Crippen molar-refractivity contribution in [2.24, 2.45) is 0 Å². The molecule has 0 aliphatic carbocycles. The highest BCUT2D eigenvalue weighted by Crippen LogP contribution is 2.34. The fourth-order valence-corrected chi connectivity index (χ4v) is 2.93. The number of hydrogen-bond acceptors (Lipinski definition) is 5. The van der Waals surface area contributed by atoms with Gasteiger partial charge in [0.05, 0.1) is 23.4 Å². The van der Waals surface area contributed by atoms with Gasteiger partial charge in [-0.25, -0.2) is 0 Å². The number of carboxylic acid groups (broad SMARTS) is 1. The third kappa shape index (κ3) is 4.00. The summed E-state index contributed by atoms with van der Waals surface area (Å²) >= 11 is 0. The first-order valence-electron chi connectivity index (χ1n) is 8.26. The molecule has 1 heterocycles. The predicted octanol–water partition coefficient (Wildman–Crippen LogP) is 2.20. The SMILES string of the molecule is Cc1cc(C)cc(Oc2cc3c(cc2N)NC(=O)[C@H](CC(=O)O)NC3=O)c1. The van der Waals surface area contributed by atoms with Crippen LogP contribution >= 0.6 is 0 Å². The molecule has 0 bridgehead atoms. The first-order valence-corrected chi connectivity index (χ1v) is 8.26. The van der Waals surface area contributed by atoms with E-state index < -0.39 is 30.2 Å². The Kier molecular flexibility index (Phi) is 4.72. The summed E-state index contributed by atoms with van der Waals surface area (Å²) in [5.74, 6) is -1.56. The van der Waals surface area contributed by atoms with Crippen LogP contribution in [-0.2, 0) is 9.59 Å². The van der Waals surface area contributed by atoms with E-state index in [1.165, 1.54) is 12.1 Å². The molecule has 0 aromatic heterocycles. The van der Waals surface area contributed by atoms with Gasteiger partial charge in [0, 0.05) is 0 Å². The molecule has 0 radical (unpaired) electrons. The van der Waals surface area contributed by atoms with Gasteiger partial charge in [-0.05, 0) is 49.2 Å². The van der Waals surface area contributed by atoms with Crippen molar-refractivity contribution in [3.63, 3.8) is 0 Å². The van der Waals surface area contributed by atoms with Crippen molar-refractivity contribution in [2.45, 2.75) is 26.3 Å². The molecule has 140 valence electrons. The number of rotatable bonds is 4. The number of hydrogen-bond donors (Lipinski definition) is 4. The van der Waals surface area contributed by atoms with Crippen molar-refractivity contribution in [1.29, 1.82) is 0 Å². The van der Waals surface area contributed by atoms with Gasteiger partial charge in [-0.3, -0.25) is 14.4 Å². The second kappa shape index (κ2) is 6.99. The molecule has 2 amide bonds. The van der Waals surface area contributed by atoms with Crippen LogP contribution in [0.1, 0.15) is 27.9 Å². The van der Waals surface area contributed by atoms with Gasteiger partial charge < -0.3 is 26.2 Å². The molecule has 27 heavy (non-hydrogen) atoms. The van der Waals surface area contributed by atoms with Gasteiger partial charge in [-0.15, -0.1) is 0 Å². The number of carbonyl (C=O) groups excluding carboxylic acids is 2. The summed E-state index contributed by atoms with van der Waals surface area (Å²) in [6, 6.07) is 7.35. The monoisotopic (exact) mass is 369 g/mol. The second-order valence-electron chi connectivity index (χ2n) is 6.47. The van der Waals surface area contributed by atoms with E-state index in [1.807, 2.05) is 32.0 Å². The standard InChI is InChI=1S/C19H19N3O5/c1-9-3-10(2)5-11(4-9)27-16-6-12-14(7-13(16)20)21-19(26)15(8-17(23)24)22-18(12)25/h3-7,15H,8,20H2,1-2H3,(H,21,26)(H,22,25)(H,23,24)/t15-/m0/s1. The molecule has 0 spiro atoms. The Morgan fingerprint density at radius 2 is 1.81 bits per heavy atom. The molecule has 0 saturated heterocycles. The summed E-state index contributed by atoms with van der Waals surface area (Å²) in [6.07, 6.45) is -0.521. The molecule has 3 rings (SSSR count). The topological polar surface area (TPSA) is 131 Å². The van der Waals surface area contributed by atoms with Crippen molar-refractivity contribution in [2.75, 3.05) is 11.1 Å². The lowest BCUT2D eigenvalue weighted by Gasteiger charge is -2.13. The van der Waals surface area contributed by atoms with E-state index in [1.54, 1.807) is 0 Å². The number of benzene rings is 2. The zero-order valence-electron chi connectivity index (χ0n) is 14.8. The third-order valence-corrected chi connectivity index (χ3v) is 4.08. The number of anilines is 2. The van der Waals surface area contributed by atoms with Crippen LogP contribution < -0.4 is 21.1 Å². The summed E-state index contributed by atoms with van der Waals surface area (Å²) in [5.41, 5.74) is 8.63. The molecule has 1 aliphatic rings. The van der Waals surface area contributed by atoms with Crippen LogP contribution in [-0.4, -0.2) is 28.9 Å². The minimum absolute atomic E-state index is 0.143. The van der Waals surface area contributed by atoms with Crippen LogP contribution in [0.5, 0.6) is 11.5 Å². The van der Waals surface area contributed by atoms with Crippen molar-refractivity contribution in [3.8, 4) is 11.5 Å². The summed E-state index contributed by atoms with van der Waals surface area (Å²) in [5, 5.41) is 13.9. The predicted molar refractivity (Wildman–Crippen MR) is 99.0 cm³/mol. The zero-order valence-corrected chi connectivity index (χ0v) is 14.8. The summed E-state index contributed by atoms with van der Waals surface area (Å²) in [6.45, 7) is 3.87. The maximum atomic E-state index is 12.5. The number of nitrogens with one attached hydrogen (secondary N) is 2. The minimum atomic E-state index is -1.19. The molecule has 8 heteroatoms. The Hall–Kier alpha value is -3.55. The molecule has 8 nitrogen and oxygen atoms in total.